The minimum Gasteiger partial charge on any atom is -0.480 e. The average molecular weight is 532 g/mol. The first kappa shape index (κ1) is 32.8. The molecule has 0 aromatic rings. The van der Waals surface area contributed by atoms with E-state index >= 15 is 0 Å². The number of guanidine groups is 2. The fraction of sp³-hybridized carbons (Fsp3) is 0.632. The molecule has 4 atom stereocenters. The van der Waals surface area contributed by atoms with Crippen LogP contribution >= 0.6 is 0 Å². The van der Waals surface area contributed by atoms with E-state index in [2.05, 4.69) is 25.9 Å². The topological polar surface area (TPSA) is 343 Å². The molecule has 37 heavy (non-hydrogen) atoms. The molecule has 0 aromatic heterocycles. The summed E-state index contributed by atoms with van der Waals surface area (Å²) >= 11 is 0. The van der Waals surface area contributed by atoms with Gasteiger partial charge in [-0.3, -0.25) is 29.2 Å². The third-order valence-electron chi connectivity index (χ3n) is 4.71. The SMILES string of the molecule is NC(=O)CC(N)C(=O)NC(CO)C(=O)NC(CCCN=C(N)N)C(=O)NC(CCCN=C(N)N)C(=O)O. The molecule has 4 amide bonds. The molecule has 0 heterocycles. The Morgan fingerprint density at radius 1 is 0.703 bits per heavy atom. The molecular weight excluding hydrogens is 494 g/mol. The summed E-state index contributed by atoms with van der Waals surface area (Å²) in [5.74, 6) is -5.28. The van der Waals surface area contributed by atoms with Crippen molar-refractivity contribution >= 4 is 41.5 Å². The normalized spacial score (nSPS) is 13.7. The first-order valence-electron chi connectivity index (χ1n) is 11.2. The van der Waals surface area contributed by atoms with Gasteiger partial charge in [0.1, 0.15) is 18.1 Å². The highest BCUT2D eigenvalue weighted by atomic mass is 16.4. The Hall–Kier alpha value is -4.19. The van der Waals surface area contributed by atoms with Gasteiger partial charge in [-0.15, -0.1) is 0 Å². The van der Waals surface area contributed by atoms with E-state index < -0.39 is 66.8 Å². The second-order valence-electron chi connectivity index (χ2n) is 7.88. The van der Waals surface area contributed by atoms with E-state index in [0.717, 1.165) is 0 Å². The monoisotopic (exact) mass is 531 g/mol. The predicted molar refractivity (Wildman–Crippen MR) is 132 cm³/mol. The van der Waals surface area contributed by atoms with Gasteiger partial charge in [-0.2, -0.15) is 0 Å². The number of aliphatic hydroxyl groups excluding tert-OH is 1. The van der Waals surface area contributed by atoms with Crippen LogP contribution < -0.4 is 50.4 Å². The zero-order valence-corrected chi connectivity index (χ0v) is 20.3. The maximum atomic E-state index is 12.9. The van der Waals surface area contributed by atoms with Gasteiger partial charge in [0, 0.05) is 13.1 Å². The Balaban J connectivity index is 5.43. The highest BCUT2D eigenvalue weighted by molar-refractivity contribution is 5.95. The maximum absolute atomic E-state index is 12.9. The van der Waals surface area contributed by atoms with Gasteiger partial charge in [0.15, 0.2) is 11.9 Å². The van der Waals surface area contributed by atoms with E-state index in [0.29, 0.717) is 0 Å². The van der Waals surface area contributed by atoms with E-state index in [9.17, 15) is 34.2 Å². The number of carbonyl (C=O) groups excluding carboxylic acids is 4. The Morgan fingerprint density at radius 3 is 1.57 bits per heavy atom. The standard InChI is InChI=1S/C19H37N11O7/c20-9(7-13(21)32)14(33)30-12(8-31)16(35)28-10(3-1-5-26-18(22)23)15(34)29-11(17(36)37)4-2-6-27-19(24)25/h9-12,31H,1-8,20H2,(H2,21,32)(H,28,35)(H,29,34)(H,30,33)(H,36,37)(H4,22,23,26)(H4,24,25,27). The second-order valence-corrected chi connectivity index (χ2v) is 7.88. The molecule has 17 N–H and O–H groups in total. The number of hydrogen-bond donors (Lipinski definition) is 11. The molecule has 0 spiro atoms. The van der Waals surface area contributed by atoms with Gasteiger partial charge >= 0.3 is 5.97 Å². The molecule has 0 fully saturated rings. The molecule has 0 aliphatic heterocycles. The van der Waals surface area contributed by atoms with Gasteiger partial charge < -0.3 is 60.6 Å². The molecule has 0 aliphatic carbocycles. The number of carbonyl (C=O) groups is 5. The third-order valence-corrected chi connectivity index (χ3v) is 4.71. The number of nitrogens with one attached hydrogen (secondary N) is 3. The number of nitrogens with two attached hydrogens (primary N) is 6. The fourth-order valence-electron chi connectivity index (χ4n) is 2.86. The Kier molecular flexibility index (Phi) is 15.3. The molecular formula is C19H37N11O7. The fourth-order valence-corrected chi connectivity index (χ4v) is 2.86. The van der Waals surface area contributed by atoms with Gasteiger partial charge in [-0.1, -0.05) is 0 Å². The van der Waals surface area contributed by atoms with Crippen molar-refractivity contribution in [3.05, 3.63) is 0 Å². The lowest BCUT2D eigenvalue weighted by Gasteiger charge is -2.24. The van der Waals surface area contributed by atoms with Crippen LogP contribution in [-0.2, 0) is 24.0 Å². The van der Waals surface area contributed by atoms with E-state index in [1.807, 2.05) is 0 Å². The maximum Gasteiger partial charge on any atom is 0.326 e. The van der Waals surface area contributed by atoms with Crippen LogP contribution in [0, 0.1) is 0 Å². The van der Waals surface area contributed by atoms with Crippen LogP contribution in [0.25, 0.3) is 0 Å². The largest absolute Gasteiger partial charge is 0.480 e. The van der Waals surface area contributed by atoms with Crippen molar-refractivity contribution in [3.63, 3.8) is 0 Å². The van der Waals surface area contributed by atoms with Crippen LogP contribution in [0.3, 0.4) is 0 Å². The molecule has 0 radical (unpaired) electrons. The van der Waals surface area contributed by atoms with Crippen molar-refractivity contribution in [2.75, 3.05) is 19.7 Å². The predicted octanol–water partition coefficient (Wildman–Crippen LogP) is -6.17. The number of nitrogens with zero attached hydrogens (tertiary/aromatic N) is 2. The lowest BCUT2D eigenvalue weighted by molar-refractivity contribution is -0.142. The van der Waals surface area contributed by atoms with E-state index in [4.69, 9.17) is 34.4 Å². The zero-order chi connectivity index (χ0) is 28.5. The quantitative estimate of drug-likeness (QED) is 0.0447. The number of rotatable bonds is 18. The lowest BCUT2D eigenvalue weighted by Crippen LogP contribution is -2.58. The minimum atomic E-state index is -1.53. The second kappa shape index (κ2) is 17.3. The zero-order valence-electron chi connectivity index (χ0n) is 20.3. The highest BCUT2D eigenvalue weighted by Crippen LogP contribution is 2.04. The van der Waals surface area contributed by atoms with Gasteiger partial charge in [-0.05, 0) is 25.7 Å². The van der Waals surface area contributed by atoms with Crippen molar-refractivity contribution in [1.29, 1.82) is 0 Å². The van der Waals surface area contributed by atoms with Crippen molar-refractivity contribution in [2.45, 2.75) is 56.3 Å². The van der Waals surface area contributed by atoms with Crippen LogP contribution in [-0.4, -0.2) is 95.6 Å². The number of primary amides is 1. The number of aliphatic carboxylic acids is 1. The lowest BCUT2D eigenvalue weighted by atomic mass is 10.1. The number of aliphatic hydroxyl groups is 1. The van der Waals surface area contributed by atoms with Crippen molar-refractivity contribution in [3.8, 4) is 0 Å². The van der Waals surface area contributed by atoms with E-state index in [1.54, 1.807) is 0 Å². The number of amides is 4. The summed E-state index contributed by atoms with van der Waals surface area (Å²) in [5, 5.41) is 25.8. The van der Waals surface area contributed by atoms with E-state index in [-0.39, 0.29) is 50.7 Å². The molecule has 0 rings (SSSR count). The van der Waals surface area contributed by atoms with Crippen molar-refractivity contribution < 1.29 is 34.2 Å². The summed E-state index contributed by atoms with van der Waals surface area (Å²) < 4.78 is 0. The average Bonchev–Trinajstić information content (AvgIpc) is 2.79. The molecule has 18 nitrogen and oxygen atoms in total. The number of carboxylic acid groups (broad SMARTS) is 1. The Bertz CT molecular complexity index is 857. The number of carboxylic acids is 1. The summed E-state index contributed by atoms with van der Waals surface area (Å²) in [6.45, 7) is -0.632. The Labute approximate surface area is 212 Å². The molecule has 0 saturated heterocycles. The van der Waals surface area contributed by atoms with Crippen LogP contribution in [0.2, 0.25) is 0 Å². The summed E-state index contributed by atoms with van der Waals surface area (Å²) in [4.78, 5) is 67.7. The van der Waals surface area contributed by atoms with Crippen LogP contribution in [0.4, 0.5) is 0 Å². The molecule has 210 valence electrons. The molecule has 0 aliphatic rings. The summed E-state index contributed by atoms with van der Waals surface area (Å²) in [6, 6.07) is -5.51. The molecule has 18 heteroatoms. The van der Waals surface area contributed by atoms with Gasteiger partial charge in [-0.25, -0.2) is 4.79 Å². The molecule has 0 saturated carbocycles. The van der Waals surface area contributed by atoms with Gasteiger partial charge in [0.25, 0.3) is 0 Å². The van der Waals surface area contributed by atoms with Crippen LogP contribution in [0.1, 0.15) is 32.1 Å². The Morgan fingerprint density at radius 2 is 1.14 bits per heavy atom. The smallest absolute Gasteiger partial charge is 0.326 e. The first-order chi connectivity index (χ1) is 17.3. The molecule has 4 unspecified atom stereocenters. The first-order valence-corrected chi connectivity index (χ1v) is 11.2. The third kappa shape index (κ3) is 14.7. The van der Waals surface area contributed by atoms with Crippen molar-refractivity contribution in [2.24, 2.45) is 44.4 Å². The molecule has 0 bridgehead atoms. The minimum absolute atomic E-state index is 0.0143. The van der Waals surface area contributed by atoms with Crippen LogP contribution in [0.5, 0.6) is 0 Å². The summed E-state index contributed by atoms with van der Waals surface area (Å²) in [7, 11) is 0. The van der Waals surface area contributed by atoms with E-state index in [1.165, 1.54) is 0 Å². The van der Waals surface area contributed by atoms with Gasteiger partial charge in [0.05, 0.1) is 19.1 Å². The summed E-state index contributed by atoms with van der Waals surface area (Å²) in [6.07, 6.45) is -0.0955. The highest BCUT2D eigenvalue weighted by Gasteiger charge is 2.30. The molecule has 0 aromatic carbocycles. The number of aliphatic imine (C=N–C) groups is 2. The van der Waals surface area contributed by atoms with Crippen molar-refractivity contribution in [1.82, 2.24) is 16.0 Å². The van der Waals surface area contributed by atoms with Gasteiger partial charge in [0.2, 0.25) is 23.6 Å². The summed E-state index contributed by atoms with van der Waals surface area (Å²) in [5.41, 5.74) is 31.5. The van der Waals surface area contributed by atoms with Crippen LogP contribution in [0.15, 0.2) is 9.98 Å². The number of hydrogen-bond acceptors (Lipinski definition) is 9.